The van der Waals surface area contributed by atoms with Gasteiger partial charge in [0.05, 0.1) is 5.69 Å². The van der Waals surface area contributed by atoms with E-state index in [1.54, 1.807) is 23.5 Å². The number of aromatic hydroxyl groups is 1. The highest BCUT2D eigenvalue weighted by Gasteiger charge is 2.12. The van der Waals surface area contributed by atoms with Crippen LogP contribution in [0.15, 0.2) is 35.7 Å². The Balaban J connectivity index is 2.01. The molecule has 2 aromatic heterocycles. The van der Waals surface area contributed by atoms with Gasteiger partial charge in [-0.3, -0.25) is 0 Å². The Bertz CT molecular complexity index is 753. The molecule has 0 saturated carbocycles. The van der Waals surface area contributed by atoms with Gasteiger partial charge < -0.3 is 9.67 Å². The number of phenolic OH excluding ortho intramolecular Hbond substituents is 1. The molecule has 0 spiro atoms. The van der Waals surface area contributed by atoms with Crippen molar-refractivity contribution in [1.82, 2.24) is 9.55 Å². The van der Waals surface area contributed by atoms with Gasteiger partial charge in [0.15, 0.2) is 0 Å². The fourth-order valence-corrected chi connectivity index (χ4v) is 3.07. The topological polar surface area (TPSA) is 38.1 Å². The van der Waals surface area contributed by atoms with Crippen molar-refractivity contribution in [3.8, 4) is 27.6 Å². The Kier molecular flexibility index (Phi) is 3.10. The Morgan fingerprint density at radius 1 is 1.15 bits per heavy atom. The molecule has 2 heterocycles. The molecule has 0 saturated heterocycles. The van der Waals surface area contributed by atoms with Gasteiger partial charge in [-0.1, -0.05) is 0 Å². The molecule has 0 amide bonds. The number of aromatic nitrogens is 2. The molecule has 0 atom stereocenters. The number of rotatable bonds is 2. The molecular formula is C16H16N2OS. The zero-order valence-electron chi connectivity index (χ0n) is 11.7. The first-order valence-electron chi connectivity index (χ1n) is 6.44. The number of thiazole rings is 1. The third-order valence-corrected chi connectivity index (χ3v) is 4.56. The monoisotopic (exact) mass is 284 g/mol. The Labute approximate surface area is 122 Å². The molecule has 3 rings (SSSR count). The fourth-order valence-electron chi connectivity index (χ4n) is 2.25. The Morgan fingerprint density at radius 3 is 2.45 bits per heavy atom. The average molecular weight is 284 g/mol. The molecule has 3 nitrogen and oxygen atoms in total. The first kappa shape index (κ1) is 12.9. The summed E-state index contributed by atoms with van der Waals surface area (Å²) in [6.45, 7) is 4.21. The highest BCUT2D eigenvalue weighted by atomic mass is 32.1. The lowest BCUT2D eigenvalue weighted by Gasteiger charge is -2.00. The molecule has 0 bridgehead atoms. The van der Waals surface area contributed by atoms with E-state index in [0.717, 1.165) is 16.3 Å². The van der Waals surface area contributed by atoms with Crippen LogP contribution in [0.4, 0.5) is 0 Å². The lowest BCUT2D eigenvalue weighted by Crippen LogP contribution is -1.92. The van der Waals surface area contributed by atoms with E-state index in [-0.39, 0.29) is 5.75 Å². The van der Waals surface area contributed by atoms with E-state index < -0.39 is 0 Å². The molecule has 4 heteroatoms. The van der Waals surface area contributed by atoms with Crippen LogP contribution in [0.3, 0.4) is 0 Å². The second-order valence-electron chi connectivity index (χ2n) is 4.93. The van der Waals surface area contributed by atoms with Crippen LogP contribution in [0.25, 0.3) is 21.8 Å². The average Bonchev–Trinajstić information content (AvgIpc) is 3.01. The summed E-state index contributed by atoms with van der Waals surface area (Å²) in [5, 5.41) is 12.4. The molecular weight excluding hydrogens is 268 g/mol. The summed E-state index contributed by atoms with van der Waals surface area (Å²) in [6, 6.07) is 9.33. The van der Waals surface area contributed by atoms with Crippen molar-refractivity contribution in [3.05, 3.63) is 47.1 Å². The van der Waals surface area contributed by atoms with Crippen molar-refractivity contribution >= 4 is 11.3 Å². The largest absolute Gasteiger partial charge is 0.508 e. The van der Waals surface area contributed by atoms with Crippen LogP contribution in [0, 0.1) is 13.8 Å². The third kappa shape index (κ3) is 2.12. The highest BCUT2D eigenvalue weighted by molar-refractivity contribution is 7.13. The molecule has 0 aliphatic heterocycles. The molecule has 1 N–H and O–H groups in total. The van der Waals surface area contributed by atoms with Crippen LogP contribution >= 0.6 is 11.3 Å². The van der Waals surface area contributed by atoms with Crippen molar-refractivity contribution in [2.24, 2.45) is 7.05 Å². The quantitative estimate of drug-likeness (QED) is 0.768. The molecule has 20 heavy (non-hydrogen) atoms. The number of nitrogens with zero attached hydrogens (tertiary/aromatic N) is 2. The highest BCUT2D eigenvalue weighted by Crippen LogP contribution is 2.32. The predicted molar refractivity (Wildman–Crippen MR) is 83.1 cm³/mol. The molecule has 3 aromatic rings. The predicted octanol–water partition coefficient (Wildman–Crippen LogP) is 4.14. The van der Waals surface area contributed by atoms with Crippen molar-refractivity contribution in [2.75, 3.05) is 0 Å². The van der Waals surface area contributed by atoms with E-state index in [1.165, 1.54) is 17.0 Å². The SMILES string of the molecule is Cc1cc(-c2csc(-c3ccc(O)cc3)n2)c(C)n1C. The van der Waals surface area contributed by atoms with Gasteiger partial charge in [0.2, 0.25) is 0 Å². The summed E-state index contributed by atoms with van der Waals surface area (Å²) in [6.07, 6.45) is 0. The third-order valence-electron chi connectivity index (χ3n) is 3.67. The van der Waals surface area contributed by atoms with Gasteiger partial charge in [0.1, 0.15) is 10.8 Å². The van der Waals surface area contributed by atoms with E-state index >= 15 is 0 Å². The van der Waals surface area contributed by atoms with Gasteiger partial charge >= 0.3 is 0 Å². The zero-order chi connectivity index (χ0) is 14.3. The van der Waals surface area contributed by atoms with Crippen LogP contribution in [0.2, 0.25) is 0 Å². The van der Waals surface area contributed by atoms with Gasteiger partial charge in [-0.05, 0) is 44.2 Å². The van der Waals surface area contributed by atoms with Gasteiger partial charge in [-0.25, -0.2) is 4.98 Å². The smallest absolute Gasteiger partial charge is 0.124 e. The van der Waals surface area contributed by atoms with E-state index in [1.807, 2.05) is 12.1 Å². The van der Waals surface area contributed by atoms with E-state index in [0.29, 0.717) is 0 Å². The lowest BCUT2D eigenvalue weighted by molar-refractivity contribution is 0.475. The second-order valence-corrected chi connectivity index (χ2v) is 5.79. The molecule has 0 fully saturated rings. The van der Waals surface area contributed by atoms with E-state index in [9.17, 15) is 5.11 Å². The minimum absolute atomic E-state index is 0.278. The first-order valence-corrected chi connectivity index (χ1v) is 7.32. The summed E-state index contributed by atoms with van der Waals surface area (Å²) in [4.78, 5) is 4.72. The number of benzene rings is 1. The van der Waals surface area contributed by atoms with E-state index in [4.69, 9.17) is 4.98 Å². The lowest BCUT2D eigenvalue weighted by atomic mass is 10.2. The molecule has 1 aromatic carbocycles. The van der Waals surface area contributed by atoms with Crippen molar-refractivity contribution in [1.29, 1.82) is 0 Å². The minimum atomic E-state index is 0.278. The molecule has 0 radical (unpaired) electrons. The van der Waals surface area contributed by atoms with Crippen LogP contribution in [0.5, 0.6) is 5.75 Å². The number of aryl methyl sites for hydroxylation is 1. The van der Waals surface area contributed by atoms with Gasteiger partial charge in [-0.2, -0.15) is 0 Å². The minimum Gasteiger partial charge on any atom is -0.508 e. The van der Waals surface area contributed by atoms with Crippen molar-refractivity contribution in [2.45, 2.75) is 13.8 Å². The zero-order valence-corrected chi connectivity index (χ0v) is 12.5. The van der Waals surface area contributed by atoms with Crippen molar-refractivity contribution in [3.63, 3.8) is 0 Å². The molecule has 0 aliphatic carbocycles. The number of hydrogen-bond donors (Lipinski definition) is 1. The van der Waals surface area contributed by atoms with Crippen LogP contribution in [0.1, 0.15) is 11.4 Å². The molecule has 0 unspecified atom stereocenters. The van der Waals surface area contributed by atoms with Gasteiger partial charge in [0.25, 0.3) is 0 Å². The maximum atomic E-state index is 9.34. The maximum Gasteiger partial charge on any atom is 0.124 e. The second kappa shape index (κ2) is 4.80. The number of phenols is 1. The summed E-state index contributed by atoms with van der Waals surface area (Å²) in [7, 11) is 2.07. The summed E-state index contributed by atoms with van der Waals surface area (Å²) < 4.78 is 2.18. The molecule has 0 aliphatic rings. The Hall–Kier alpha value is -2.07. The van der Waals surface area contributed by atoms with Crippen LogP contribution in [-0.4, -0.2) is 14.7 Å². The first-order chi connectivity index (χ1) is 9.56. The summed E-state index contributed by atoms with van der Waals surface area (Å²) >= 11 is 1.63. The standard InChI is InChI=1S/C16H16N2OS/c1-10-8-14(11(2)18(10)3)15-9-20-16(17-15)12-4-6-13(19)7-5-12/h4-9,19H,1-3H3. The number of hydrogen-bond acceptors (Lipinski definition) is 3. The fraction of sp³-hybridized carbons (Fsp3) is 0.188. The summed E-state index contributed by atoms with van der Waals surface area (Å²) in [5.74, 6) is 0.278. The van der Waals surface area contributed by atoms with E-state index in [2.05, 4.69) is 36.9 Å². The maximum absolute atomic E-state index is 9.34. The van der Waals surface area contributed by atoms with Crippen LogP contribution < -0.4 is 0 Å². The van der Waals surface area contributed by atoms with Gasteiger partial charge in [-0.15, -0.1) is 11.3 Å². The van der Waals surface area contributed by atoms with Crippen molar-refractivity contribution < 1.29 is 5.11 Å². The Morgan fingerprint density at radius 2 is 1.85 bits per heavy atom. The summed E-state index contributed by atoms with van der Waals surface area (Å²) in [5.41, 5.74) is 5.69. The normalized spacial score (nSPS) is 10.9. The van der Waals surface area contributed by atoms with Gasteiger partial charge in [0, 0.05) is 34.9 Å². The van der Waals surface area contributed by atoms with Crippen LogP contribution in [-0.2, 0) is 7.05 Å². The molecule has 102 valence electrons.